The van der Waals surface area contributed by atoms with Gasteiger partial charge in [0.05, 0.1) is 12.6 Å². The van der Waals surface area contributed by atoms with Crippen LogP contribution in [-0.4, -0.2) is 60.2 Å². The number of anilines is 1. The number of nitrogens with zero attached hydrogens (tertiary/aromatic N) is 5. The molecule has 7 nitrogen and oxygen atoms in total. The molecular weight excluding hydrogens is 378 g/mol. The van der Waals surface area contributed by atoms with Crippen molar-refractivity contribution in [3.63, 3.8) is 0 Å². The highest BCUT2D eigenvalue weighted by atomic mass is 35.5. The molecule has 1 saturated heterocycles. The largest absolute Gasteiger partial charge is 0.382 e. The first kappa shape index (κ1) is 19.8. The van der Waals surface area contributed by atoms with Gasteiger partial charge in [-0.3, -0.25) is 4.79 Å². The molecular formula is C20H20ClN5O2. The Morgan fingerprint density at radius 2 is 2.21 bits per heavy atom. The molecule has 1 amide bonds. The van der Waals surface area contributed by atoms with Gasteiger partial charge >= 0.3 is 0 Å². The maximum Gasteiger partial charge on any atom is 0.247 e. The van der Waals surface area contributed by atoms with Gasteiger partial charge in [0.1, 0.15) is 6.07 Å². The average molecular weight is 398 g/mol. The Kier molecular flexibility index (Phi) is 6.58. The predicted octanol–water partition coefficient (Wildman–Crippen LogP) is 2.38. The lowest BCUT2D eigenvalue weighted by Crippen LogP contribution is -2.57. The minimum absolute atomic E-state index is 0.0960. The average Bonchev–Trinajstić information content (AvgIpc) is 2.72. The summed E-state index contributed by atoms with van der Waals surface area (Å²) in [5, 5.41) is 9.89. The van der Waals surface area contributed by atoms with Crippen molar-refractivity contribution in [2.45, 2.75) is 6.04 Å². The summed E-state index contributed by atoms with van der Waals surface area (Å²) in [6.45, 7) is 1.95. The van der Waals surface area contributed by atoms with Crippen LogP contribution in [-0.2, 0) is 9.53 Å². The normalized spacial score (nSPS) is 17.0. The molecule has 1 unspecified atom stereocenters. The van der Waals surface area contributed by atoms with Gasteiger partial charge in [0.25, 0.3) is 0 Å². The van der Waals surface area contributed by atoms with Gasteiger partial charge in [-0.25, -0.2) is 9.97 Å². The molecule has 0 spiro atoms. The summed E-state index contributed by atoms with van der Waals surface area (Å²) in [6.07, 6.45) is 6.36. The maximum absolute atomic E-state index is 12.8. The fourth-order valence-corrected chi connectivity index (χ4v) is 3.39. The molecule has 0 radical (unpaired) electrons. The molecule has 144 valence electrons. The van der Waals surface area contributed by atoms with E-state index in [4.69, 9.17) is 16.3 Å². The minimum Gasteiger partial charge on any atom is -0.382 e. The lowest BCUT2D eigenvalue weighted by atomic mass is 10.1. The monoisotopic (exact) mass is 397 g/mol. The first-order valence-electron chi connectivity index (χ1n) is 8.81. The number of piperazine rings is 1. The summed E-state index contributed by atoms with van der Waals surface area (Å²) in [5.41, 5.74) is 1.14. The number of ether oxygens (including phenoxy) is 1. The van der Waals surface area contributed by atoms with Crippen LogP contribution in [0.4, 0.5) is 5.82 Å². The van der Waals surface area contributed by atoms with Gasteiger partial charge in [0.15, 0.2) is 11.5 Å². The second kappa shape index (κ2) is 9.31. The second-order valence-corrected chi connectivity index (χ2v) is 6.75. The summed E-state index contributed by atoms with van der Waals surface area (Å²) in [6, 6.07) is 9.22. The number of hydrogen-bond donors (Lipinski definition) is 0. The summed E-state index contributed by atoms with van der Waals surface area (Å²) >= 11 is 5.99. The highest BCUT2D eigenvalue weighted by molar-refractivity contribution is 6.30. The molecule has 1 atom stereocenters. The molecule has 1 aliphatic rings. The van der Waals surface area contributed by atoms with Crippen molar-refractivity contribution >= 4 is 29.4 Å². The van der Waals surface area contributed by atoms with Crippen LogP contribution in [0, 0.1) is 11.3 Å². The number of nitriles is 1. The topological polar surface area (TPSA) is 82.3 Å². The van der Waals surface area contributed by atoms with Crippen molar-refractivity contribution < 1.29 is 9.53 Å². The van der Waals surface area contributed by atoms with Crippen molar-refractivity contribution in [1.82, 2.24) is 14.9 Å². The van der Waals surface area contributed by atoms with Crippen LogP contribution in [0.5, 0.6) is 0 Å². The van der Waals surface area contributed by atoms with Crippen molar-refractivity contribution in [2.75, 3.05) is 38.3 Å². The van der Waals surface area contributed by atoms with Gasteiger partial charge in [0, 0.05) is 50.2 Å². The summed E-state index contributed by atoms with van der Waals surface area (Å²) in [4.78, 5) is 24.9. The Balaban J connectivity index is 1.74. The van der Waals surface area contributed by atoms with E-state index in [1.165, 1.54) is 6.20 Å². The van der Waals surface area contributed by atoms with Gasteiger partial charge in [-0.1, -0.05) is 23.7 Å². The van der Waals surface area contributed by atoms with E-state index < -0.39 is 0 Å². The van der Waals surface area contributed by atoms with Crippen LogP contribution in [0.15, 0.2) is 42.7 Å². The maximum atomic E-state index is 12.8. The van der Waals surface area contributed by atoms with E-state index in [2.05, 4.69) is 16.0 Å². The Bertz CT molecular complexity index is 911. The molecule has 28 heavy (non-hydrogen) atoms. The number of aromatic nitrogens is 2. The molecule has 2 aromatic rings. The van der Waals surface area contributed by atoms with Crippen molar-refractivity contribution in [3.05, 3.63) is 59.0 Å². The number of methoxy groups -OCH3 is 1. The number of carbonyl (C=O) groups excluding carboxylic acids is 1. The van der Waals surface area contributed by atoms with Crippen molar-refractivity contribution in [3.8, 4) is 6.07 Å². The molecule has 0 N–H and O–H groups in total. The van der Waals surface area contributed by atoms with Crippen LogP contribution >= 0.6 is 11.6 Å². The summed E-state index contributed by atoms with van der Waals surface area (Å²) in [5.74, 6) is 0.439. The molecule has 2 heterocycles. The highest BCUT2D eigenvalue weighted by Gasteiger charge is 2.31. The van der Waals surface area contributed by atoms with Gasteiger partial charge in [-0.05, 0) is 23.8 Å². The lowest BCUT2D eigenvalue weighted by Gasteiger charge is -2.41. The quantitative estimate of drug-likeness (QED) is 0.720. The molecule has 1 aromatic heterocycles. The molecule has 1 aliphatic heterocycles. The minimum atomic E-state index is -0.163. The Morgan fingerprint density at radius 3 is 2.96 bits per heavy atom. The van der Waals surface area contributed by atoms with Crippen LogP contribution in [0.3, 0.4) is 0 Å². The fraction of sp³-hybridized carbons (Fsp3) is 0.300. The van der Waals surface area contributed by atoms with Crippen LogP contribution < -0.4 is 4.90 Å². The molecule has 0 saturated carbocycles. The summed E-state index contributed by atoms with van der Waals surface area (Å²) in [7, 11) is 1.60. The van der Waals surface area contributed by atoms with Crippen LogP contribution in [0.1, 0.15) is 11.3 Å². The Hall–Kier alpha value is -2.95. The standard InChI is InChI=1S/C20H20ClN5O2/c1-28-14-17-13-25(20-18(12-22)23-7-8-24-20)9-10-26(17)19(27)6-5-15-3-2-4-16(21)11-15/h2-8,11,17H,9-10,13-14H2,1H3/b6-5+. The third kappa shape index (κ3) is 4.66. The Morgan fingerprint density at radius 1 is 1.39 bits per heavy atom. The molecule has 1 fully saturated rings. The van der Waals surface area contributed by atoms with Crippen LogP contribution in [0.25, 0.3) is 6.08 Å². The number of amides is 1. The SMILES string of the molecule is COCC1CN(c2nccnc2C#N)CCN1C(=O)/C=C/c1cccc(Cl)c1. The smallest absolute Gasteiger partial charge is 0.247 e. The number of hydrogen-bond acceptors (Lipinski definition) is 6. The number of benzene rings is 1. The van der Waals surface area contributed by atoms with E-state index in [0.29, 0.717) is 37.1 Å². The number of rotatable bonds is 5. The van der Waals surface area contributed by atoms with Crippen molar-refractivity contribution in [1.29, 1.82) is 5.26 Å². The molecule has 0 aliphatic carbocycles. The molecule has 8 heteroatoms. The zero-order valence-electron chi connectivity index (χ0n) is 15.5. The van der Waals surface area contributed by atoms with Crippen LogP contribution in [0.2, 0.25) is 5.02 Å². The lowest BCUT2D eigenvalue weighted by molar-refractivity contribution is -0.129. The van der Waals surface area contributed by atoms with E-state index in [1.54, 1.807) is 42.5 Å². The second-order valence-electron chi connectivity index (χ2n) is 6.32. The Labute approximate surface area is 168 Å². The van der Waals surface area contributed by atoms with Gasteiger partial charge in [-0.15, -0.1) is 0 Å². The fourth-order valence-electron chi connectivity index (χ4n) is 3.19. The van der Waals surface area contributed by atoms with Gasteiger partial charge < -0.3 is 14.5 Å². The first-order valence-corrected chi connectivity index (χ1v) is 9.19. The third-order valence-corrected chi connectivity index (χ3v) is 4.71. The summed E-state index contributed by atoms with van der Waals surface area (Å²) < 4.78 is 5.32. The molecule has 3 rings (SSSR count). The van der Waals surface area contributed by atoms with E-state index in [9.17, 15) is 10.1 Å². The first-order chi connectivity index (χ1) is 13.6. The van der Waals surface area contributed by atoms with E-state index in [1.807, 2.05) is 17.0 Å². The molecule has 1 aromatic carbocycles. The van der Waals surface area contributed by atoms with E-state index in [-0.39, 0.29) is 17.6 Å². The van der Waals surface area contributed by atoms with Gasteiger partial charge in [0.2, 0.25) is 5.91 Å². The van der Waals surface area contributed by atoms with Crippen molar-refractivity contribution in [2.24, 2.45) is 0 Å². The zero-order valence-corrected chi connectivity index (χ0v) is 16.2. The zero-order chi connectivity index (χ0) is 19.9. The molecule has 0 bridgehead atoms. The number of halogens is 1. The predicted molar refractivity (Wildman–Crippen MR) is 107 cm³/mol. The van der Waals surface area contributed by atoms with E-state index >= 15 is 0 Å². The van der Waals surface area contributed by atoms with E-state index in [0.717, 1.165) is 5.56 Å². The van der Waals surface area contributed by atoms with Gasteiger partial charge in [-0.2, -0.15) is 5.26 Å². The highest BCUT2D eigenvalue weighted by Crippen LogP contribution is 2.20. The third-order valence-electron chi connectivity index (χ3n) is 4.48. The number of carbonyl (C=O) groups is 1.